The fourth-order valence-electron chi connectivity index (χ4n) is 3.60. The summed E-state index contributed by atoms with van der Waals surface area (Å²) in [5, 5.41) is 26.2. The topological polar surface area (TPSA) is 98.7 Å². The summed E-state index contributed by atoms with van der Waals surface area (Å²) in [6.45, 7) is 4.01. The van der Waals surface area contributed by atoms with Crippen LogP contribution in [-0.2, 0) is 13.1 Å². The maximum absolute atomic E-state index is 11.3. The Morgan fingerprint density at radius 1 is 1.32 bits per heavy atom. The van der Waals surface area contributed by atoms with Crippen molar-refractivity contribution in [3.05, 3.63) is 65.0 Å². The van der Waals surface area contributed by atoms with E-state index in [0.29, 0.717) is 37.6 Å². The van der Waals surface area contributed by atoms with E-state index >= 15 is 0 Å². The number of ether oxygens (including phenoxy) is 1. The highest BCUT2D eigenvalue weighted by atomic mass is 16.5. The minimum absolute atomic E-state index is 0.0990. The summed E-state index contributed by atoms with van der Waals surface area (Å²) < 4.78 is 5.80. The smallest absolute Gasteiger partial charge is 0.354 e. The number of carboxylic acids is 1. The summed E-state index contributed by atoms with van der Waals surface area (Å²) in [4.78, 5) is 13.4. The van der Waals surface area contributed by atoms with Crippen molar-refractivity contribution in [2.75, 3.05) is 13.2 Å². The van der Waals surface area contributed by atoms with Crippen LogP contribution in [0, 0.1) is 6.92 Å². The molecular weight excluding hydrogens is 358 g/mol. The van der Waals surface area contributed by atoms with Crippen molar-refractivity contribution in [3.8, 4) is 22.6 Å². The van der Waals surface area contributed by atoms with E-state index in [1.807, 2.05) is 37.3 Å². The van der Waals surface area contributed by atoms with Crippen molar-refractivity contribution in [2.24, 2.45) is 0 Å². The standard InChI is InChI=1S/C21H21N3O4/c1-13-4-2-3-5-17(13)14-8-15-11-24(6-7-28-20(15)18(25)9-14)12-16-10-22-23-19(16)21(26)27/h2-5,8-10,25H,6-7,11-12H2,1H3,(H,22,23)(H,26,27). The quantitative estimate of drug-likeness (QED) is 0.644. The average molecular weight is 379 g/mol. The van der Waals surface area contributed by atoms with Gasteiger partial charge in [-0.1, -0.05) is 24.3 Å². The zero-order valence-corrected chi connectivity index (χ0v) is 15.5. The van der Waals surface area contributed by atoms with Gasteiger partial charge in [-0.25, -0.2) is 4.79 Å². The van der Waals surface area contributed by atoms with Gasteiger partial charge in [0.25, 0.3) is 0 Å². The van der Waals surface area contributed by atoms with Gasteiger partial charge < -0.3 is 14.9 Å². The molecule has 0 unspecified atom stereocenters. The van der Waals surface area contributed by atoms with Gasteiger partial charge in [-0.2, -0.15) is 5.10 Å². The summed E-state index contributed by atoms with van der Waals surface area (Å²) in [5.41, 5.74) is 4.69. The molecule has 0 radical (unpaired) electrons. The molecule has 0 amide bonds. The van der Waals surface area contributed by atoms with Crippen LogP contribution in [0.3, 0.4) is 0 Å². The molecule has 0 saturated carbocycles. The molecule has 0 saturated heterocycles. The number of hydrogen-bond acceptors (Lipinski definition) is 5. The van der Waals surface area contributed by atoms with Gasteiger partial charge >= 0.3 is 5.97 Å². The summed E-state index contributed by atoms with van der Waals surface area (Å²) in [5.74, 6) is -0.420. The van der Waals surface area contributed by atoms with E-state index in [1.165, 1.54) is 6.20 Å². The molecule has 2 heterocycles. The lowest BCUT2D eigenvalue weighted by Gasteiger charge is -2.19. The van der Waals surface area contributed by atoms with E-state index in [9.17, 15) is 15.0 Å². The Kier molecular flexibility index (Phi) is 4.75. The molecule has 3 N–H and O–H groups in total. The van der Waals surface area contributed by atoms with Gasteiger partial charge in [-0.05, 0) is 35.7 Å². The average Bonchev–Trinajstić information content (AvgIpc) is 3.02. The number of aromatic amines is 1. The third-order valence-corrected chi connectivity index (χ3v) is 4.98. The van der Waals surface area contributed by atoms with Crippen LogP contribution in [0.15, 0.2) is 42.6 Å². The van der Waals surface area contributed by atoms with Crippen LogP contribution in [0.1, 0.15) is 27.2 Å². The minimum Gasteiger partial charge on any atom is -0.504 e. The Morgan fingerprint density at radius 2 is 2.14 bits per heavy atom. The third kappa shape index (κ3) is 3.44. The number of aromatic nitrogens is 2. The van der Waals surface area contributed by atoms with Crippen LogP contribution in [0.4, 0.5) is 0 Å². The lowest BCUT2D eigenvalue weighted by molar-refractivity contribution is 0.0688. The van der Waals surface area contributed by atoms with Gasteiger partial charge in [0, 0.05) is 30.8 Å². The number of fused-ring (bicyclic) bond motifs is 1. The zero-order valence-electron chi connectivity index (χ0n) is 15.5. The molecule has 2 aromatic carbocycles. The Labute approximate surface area is 162 Å². The number of aromatic carboxylic acids is 1. The summed E-state index contributed by atoms with van der Waals surface area (Å²) in [7, 11) is 0. The number of aromatic hydroxyl groups is 1. The van der Waals surface area contributed by atoms with Crippen molar-refractivity contribution in [1.82, 2.24) is 15.1 Å². The highest BCUT2D eigenvalue weighted by Crippen LogP contribution is 2.38. The van der Waals surface area contributed by atoms with Crippen LogP contribution >= 0.6 is 0 Å². The van der Waals surface area contributed by atoms with Crippen LogP contribution in [0.5, 0.6) is 11.5 Å². The van der Waals surface area contributed by atoms with Crippen LogP contribution in [0.2, 0.25) is 0 Å². The predicted molar refractivity (Wildman–Crippen MR) is 103 cm³/mol. The Balaban J connectivity index is 1.66. The largest absolute Gasteiger partial charge is 0.504 e. The van der Waals surface area contributed by atoms with E-state index in [0.717, 1.165) is 22.3 Å². The second-order valence-corrected chi connectivity index (χ2v) is 6.93. The molecule has 28 heavy (non-hydrogen) atoms. The van der Waals surface area contributed by atoms with Gasteiger partial charge in [0.05, 0.1) is 6.20 Å². The number of hydrogen-bond donors (Lipinski definition) is 3. The summed E-state index contributed by atoms with van der Waals surface area (Å²) in [6.07, 6.45) is 1.54. The van der Waals surface area contributed by atoms with Crippen LogP contribution in [0.25, 0.3) is 11.1 Å². The minimum atomic E-state index is -1.03. The van der Waals surface area contributed by atoms with Crippen molar-refractivity contribution < 1.29 is 19.7 Å². The maximum Gasteiger partial charge on any atom is 0.354 e. The van der Waals surface area contributed by atoms with Gasteiger partial charge in [-0.15, -0.1) is 0 Å². The van der Waals surface area contributed by atoms with Gasteiger partial charge in [0.1, 0.15) is 12.3 Å². The third-order valence-electron chi connectivity index (χ3n) is 4.98. The Hall–Kier alpha value is -3.32. The van der Waals surface area contributed by atoms with E-state index in [4.69, 9.17) is 4.74 Å². The van der Waals surface area contributed by atoms with Crippen molar-refractivity contribution >= 4 is 5.97 Å². The van der Waals surface area contributed by atoms with Crippen LogP contribution < -0.4 is 4.74 Å². The highest BCUT2D eigenvalue weighted by Gasteiger charge is 2.22. The molecule has 0 aliphatic carbocycles. The Bertz CT molecular complexity index is 1030. The molecule has 1 aliphatic heterocycles. The SMILES string of the molecule is Cc1ccccc1-c1cc(O)c2c(c1)CN(Cc1cn[nH]c1C(=O)O)CCO2. The lowest BCUT2D eigenvalue weighted by Crippen LogP contribution is -2.26. The number of rotatable bonds is 4. The highest BCUT2D eigenvalue weighted by molar-refractivity contribution is 5.86. The number of phenols is 1. The van der Waals surface area contributed by atoms with E-state index in [2.05, 4.69) is 15.1 Å². The fraction of sp³-hybridized carbons (Fsp3) is 0.238. The zero-order chi connectivity index (χ0) is 19.7. The number of benzene rings is 2. The van der Waals surface area contributed by atoms with E-state index in [-0.39, 0.29) is 11.4 Å². The molecule has 3 aromatic rings. The molecule has 4 rings (SSSR count). The molecule has 7 nitrogen and oxygen atoms in total. The molecule has 1 aliphatic rings. The summed E-state index contributed by atoms with van der Waals surface area (Å²) in [6, 6.07) is 11.8. The first kappa shape index (κ1) is 18.1. The first-order chi connectivity index (χ1) is 13.5. The van der Waals surface area contributed by atoms with E-state index in [1.54, 1.807) is 6.07 Å². The number of carbonyl (C=O) groups is 1. The molecule has 0 fully saturated rings. The normalized spacial score (nSPS) is 14.2. The maximum atomic E-state index is 11.3. The summed E-state index contributed by atoms with van der Waals surface area (Å²) >= 11 is 0. The fourth-order valence-corrected chi connectivity index (χ4v) is 3.60. The number of carboxylic acid groups (broad SMARTS) is 1. The molecule has 0 spiro atoms. The van der Waals surface area contributed by atoms with Crippen LogP contribution in [-0.4, -0.2) is 44.4 Å². The first-order valence-corrected chi connectivity index (χ1v) is 9.05. The van der Waals surface area contributed by atoms with Crippen molar-refractivity contribution in [2.45, 2.75) is 20.0 Å². The molecule has 1 aromatic heterocycles. The number of phenolic OH excluding ortho intramolecular Hbond substituents is 1. The number of nitrogens with zero attached hydrogens (tertiary/aromatic N) is 2. The van der Waals surface area contributed by atoms with Crippen molar-refractivity contribution in [1.29, 1.82) is 0 Å². The second kappa shape index (κ2) is 7.36. The number of aryl methyl sites for hydroxylation is 1. The predicted octanol–water partition coefficient (Wildman–Crippen LogP) is 3.18. The Morgan fingerprint density at radius 3 is 2.93 bits per heavy atom. The van der Waals surface area contributed by atoms with Crippen molar-refractivity contribution in [3.63, 3.8) is 0 Å². The molecular formula is C21H21N3O4. The number of nitrogens with one attached hydrogen (secondary N) is 1. The second-order valence-electron chi connectivity index (χ2n) is 6.93. The van der Waals surface area contributed by atoms with Gasteiger partial charge in [0.15, 0.2) is 11.5 Å². The van der Waals surface area contributed by atoms with E-state index < -0.39 is 5.97 Å². The molecule has 0 bridgehead atoms. The molecule has 7 heteroatoms. The molecule has 144 valence electrons. The monoisotopic (exact) mass is 379 g/mol. The number of H-pyrrole nitrogens is 1. The first-order valence-electron chi connectivity index (χ1n) is 9.05. The van der Waals surface area contributed by atoms with Gasteiger partial charge in [-0.3, -0.25) is 10.00 Å². The lowest BCUT2D eigenvalue weighted by atomic mass is 9.97. The molecule has 0 atom stereocenters. The van der Waals surface area contributed by atoms with Gasteiger partial charge in [0.2, 0.25) is 0 Å².